The highest BCUT2D eigenvalue weighted by Crippen LogP contribution is 2.20. The third-order valence-electron chi connectivity index (χ3n) is 3.34. The molecule has 0 atom stereocenters. The predicted octanol–water partition coefficient (Wildman–Crippen LogP) is 2.72. The highest BCUT2D eigenvalue weighted by molar-refractivity contribution is 6.36. The topological polar surface area (TPSA) is 84.5 Å². The van der Waals surface area contributed by atoms with Gasteiger partial charge in [-0.15, -0.1) is 0 Å². The van der Waals surface area contributed by atoms with Crippen LogP contribution in [0.1, 0.15) is 15.9 Å². The number of hydrogen-bond acceptors (Lipinski definition) is 4. The number of esters is 1. The van der Waals surface area contributed by atoms with Crippen LogP contribution >= 0.6 is 23.2 Å². The van der Waals surface area contributed by atoms with Gasteiger partial charge >= 0.3 is 5.97 Å². The summed E-state index contributed by atoms with van der Waals surface area (Å²) in [6.45, 7) is -0.761. The number of ether oxygens (including phenoxy) is 1. The van der Waals surface area contributed by atoms with Crippen molar-refractivity contribution in [3.05, 3.63) is 69.5 Å². The van der Waals surface area contributed by atoms with E-state index in [0.29, 0.717) is 10.6 Å². The summed E-state index contributed by atoms with van der Waals surface area (Å²) in [7, 11) is 0. The van der Waals surface area contributed by atoms with E-state index < -0.39 is 30.9 Å². The first-order chi connectivity index (χ1) is 12.8. The molecule has 0 saturated heterocycles. The van der Waals surface area contributed by atoms with Crippen LogP contribution in [0.4, 0.5) is 4.39 Å². The van der Waals surface area contributed by atoms with Crippen LogP contribution in [-0.2, 0) is 20.9 Å². The summed E-state index contributed by atoms with van der Waals surface area (Å²) in [5, 5.41) is 5.38. The Kier molecular flexibility index (Phi) is 7.57. The molecule has 2 N–H and O–H groups in total. The van der Waals surface area contributed by atoms with Crippen LogP contribution < -0.4 is 10.6 Å². The van der Waals surface area contributed by atoms with E-state index in [2.05, 4.69) is 10.6 Å². The zero-order valence-electron chi connectivity index (χ0n) is 13.9. The van der Waals surface area contributed by atoms with Crippen LogP contribution in [0.3, 0.4) is 0 Å². The van der Waals surface area contributed by atoms with E-state index >= 15 is 0 Å². The number of carbonyl (C=O) groups excluding carboxylic acids is 3. The summed E-state index contributed by atoms with van der Waals surface area (Å²) in [6.07, 6.45) is 0. The second-order valence-corrected chi connectivity index (χ2v) is 6.21. The van der Waals surface area contributed by atoms with Gasteiger partial charge in [0.15, 0.2) is 6.61 Å². The van der Waals surface area contributed by atoms with Gasteiger partial charge in [-0.25, -0.2) is 4.39 Å². The number of carbonyl (C=O) groups is 3. The van der Waals surface area contributed by atoms with E-state index in [-0.39, 0.29) is 22.9 Å². The second-order valence-electron chi connectivity index (χ2n) is 5.37. The Labute approximate surface area is 164 Å². The molecule has 0 aliphatic rings. The van der Waals surface area contributed by atoms with Gasteiger partial charge in [-0.05, 0) is 35.9 Å². The molecule has 0 radical (unpaired) electrons. The summed E-state index contributed by atoms with van der Waals surface area (Å²) >= 11 is 11.6. The van der Waals surface area contributed by atoms with Gasteiger partial charge in [-0.2, -0.15) is 0 Å². The molecule has 142 valence electrons. The maximum atomic E-state index is 12.8. The minimum Gasteiger partial charge on any atom is -0.454 e. The molecule has 0 aliphatic carbocycles. The van der Waals surface area contributed by atoms with Gasteiger partial charge in [0.25, 0.3) is 11.8 Å². The number of halogens is 3. The maximum Gasteiger partial charge on any atom is 0.325 e. The summed E-state index contributed by atoms with van der Waals surface area (Å²) < 4.78 is 17.6. The highest BCUT2D eigenvalue weighted by atomic mass is 35.5. The molecule has 2 aromatic rings. The molecule has 0 fully saturated rings. The van der Waals surface area contributed by atoms with Crippen molar-refractivity contribution in [2.75, 3.05) is 13.2 Å². The van der Waals surface area contributed by atoms with Gasteiger partial charge in [-0.3, -0.25) is 14.4 Å². The molecule has 0 unspecified atom stereocenters. The van der Waals surface area contributed by atoms with Crippen molar-refractivity contribution in [3.8, 4) is 0 Å². The molecule has 0 spiro atoms. The first-order valence-corrected chi connectivity index (χ1v) is 8.51. The lowest BCUT2D eigenvalue weighted by atomic mass is 10.2. The van der Waals surface area contributed by atoms with E-state index in [1.54, 1.807) is 0 Å². The van der Waals surface area contributed by atoms with Crippen molar-refractivity contribution in [1.29, 1.82) is 0 Å². The van der Waals surface area contributed by atoms with E-state index in [1.165, 1.54) is 42.5 Å². The quantitative estimate of drug-likeness (QED) is 0.684. The molecule has 2 rings (SSSR count). The van der Waals surface area contributed by atoms with Crippen molar-refractivity contribution >= 4 is 41.0 Å². The molecule has 9 heteroatoms. The average molecular weight is 413 g/mol. The SMILES string of the molecule is O=C(COC(=O)CNC(=O)c1ccc(Cl)cc1Cl)NCc1ccc(F)cc1. The fraction of sp³-hybridized carbons (Fsp3) is 0.167. The van der Waals surface area contributed by atoms with E-state index in [9.17, 15) is 18.8 Å². The number of rotatable bonds is 7. The number of hydrogen-bond donors (Lipinski definition) is 2. The van der Waals surface area contributed by atoms with Crippen LogP contribution in [-0.4, -0.2) is 30.9 Å². The van der Waals surface area contributed by atoms with Crippen LogP contribution in [0.2, 0.25) is 10.0 Å². The van der Waals surface area contributed by atoms with Gasteiger partial charge < -0.3 is 15.4 Å². The molecule has 2 aromatic carbocycles. The van der Waals surface area contributed by atoms with Gasteiger partial charge in [-0.1, -0.05) is 35.3 Å². The molecule has 27 heavy (non-hydrogen) atoms. The molecule has 0 bridgehead atoms. The van der Waals surface area contributed by atoms with Gasteiger partial charge in [0, 0.05) is 11.6 Å². The van der Waals surface area contributed by atoms with Crippen molar-refractivity contribution < 1.29 is 23.5 Å². The minimum absolute atomic E-state index is 0.147. The molecule has 0 heterocycles. The minimum atomic E-state index is -0.787. The first kappa shape index (κ1) is 20.7. The third-order valence-corrected chi connectivity index (χ3v) is 3.88. The third kappa shape index (κ3) is 6.88. The largest absolute Gasteiger partial charge is 0.454 e. The maximum absolute atomic E-state index is 12.8. The summed E-state index contributed by atoms with van der Waals surface area (Å²) in [5.41, 5.74) is 0.856. The smallest absolute Gasteiger partial charge is 0.325 e. The monoisotopic (exact) mass is 412 g/mol. The number of nitrogens with one attached hydrogen (secondary N) is 2. The summed E-state index contributed by atoms with van der Waals surface area (Å²) in [4.78, 5) is 35.2. The van der Waals surface area contributed by atoms with Crippen LogP contribution in [0.25, 0.3) is 0 Å². The average Bonchev–Trinajstić information content (AvgIpc) is 2.64. The highest BCUT2D eigenvalue weighted by Gasteiger charge is 2.13. The number of amides is 2. The molecule has 0 saturated carbocycles. The van der Waals surface area contributed by atoms with Gasteiger partial charge in [0.2, 0.25) is 0 Å². The fourth-order valence-electron chi connectivity index (χ4n) is 1.97. The molecular weight excluding hydrogens is 398 g/mol. The molecule has 0 aromatic heterocycles. The standard InChI is InChI=1S/C18H15Cl2FN2O4/c19-12-3-6-14(15(20)7-12)18(26)23-9-17(25)27-10-16(24)22-8-11-1-4-13(21)5-2-11/h1-7H,8-10H2,(H,22,24)(H,23,26). The van der Waals surface area contributed by atoms with Crippen LogP contribution in [0, 0.1) is 5.82 Å². The van der Waals surface area contributed by atoms with Gasteiger partial charge in [0.1, 0.15) is 12.4 Å². The Bertz CT molecular complexity index is 844. The zero-order valence-corrected chi connectivity index (χ0v) is 15.4. The number of benzene rings is 2. The lowest BCUT2D eigenvalue weighted by molar-refractivity contribution is -0.147. The zero-order chi connectivity index (χ0) is 19.8. The van der Waals surface area contributed by atoms with Crippen LogP contribution in [0.15, 0.2) is 42.5 Å². The lowest BCUT2D eigenvalue weighted by Crippen LogP contribution is -2.33. The van der Waals surface area contributed by atoms with Crippen molar-refractivity contribution in [3.63, 3.8) is 0 Å². The Balaban J connectivity index is 1.70. The summed E-state index contributed by atoms with van der Waals surface area (Å²) in [6, 6.07) is 9.93. The van der Waals surface area contributed by atoms with Crippen LogP contribution in [0.5, 0.6) is 0 Å². The molecule has 0 aliphatic heterocycles. The Morgan fingerprint density at radius 1 is 1.00 bits per heavy atom. The van der Waals surface area contributed by atoms with Crippen molar-refractivity contribution in [1.82, 2.24) is 10.6 Å². The summed E-state index contributed by atoms with van der Waals surface area (Å²) in [5.74, 6) is -2.26. The Morgan fingerprint density at radius 2 is 1.70 bits per heavy atom. The molecular formula is C18H15Cl2FN2O4. The van der Waals surface area contributed by atoms with Crippen molar-refractivity contribution in [2.24, 2.45) is 0 Å². The van der Waals surface area contributed by atoms with Crippen molar-refractivity contribution in [2.45, 2.75) is 6.54 Å². The Morgan fingerprint density at radius 3 is 2.37 bits per heavy atom. The first-order valence-electron chi connectivity index (χ1n) is 7.75. The predicted molar refractivity (Wildman–Crippen MR) is 98.0 cm³/mol. The second kappa shape index (κ2) is 9.89. The molecule has 6 nitrogen and oxygen atoms in total. The molecule has 2 amide bonds. The Hall–Kier alpha value is -2.64. The van der Waals surface area contributed by atoms with E-state index in [4.69, 9.17) is 27.9 Å². The van der Waals surface area contributed by atoms with E-state index in [1.807, 2.05) is 0 Å². The van der Waals surface area contributed by atoms with E-state index in [0.717, 1.165) is 0 Å². The normalized spacial score (nSPS) is 10.2. The lowest BCUT2D eigenvalue weighted by Gasteiger charge is -2.08. The van der Waals surface area contributed by atoms with Gasteiger partial charge in [0.05, 0.1) is 10.6 Å². The fourth-order valence-corrected chi connectivity index (χ4v) is 2.47.